The van der Waals surface area contributed by atoms with Gasteiger partial charge in [0.15, 0.2) is 6.17 Å². The quantitative estimate of drug-likeness (QED) is 0.533. The predicted molar refractivity (Wildman–Crippen MR) is 137 cm³/mol. The Balaban J connectivity index is 1.49. The van der Waals surface area contributed by atoms with Crippen LogP contribution in [0.4, 0.5) is 4.39 Å². The largest absolute Gasteiger partial charge is 0.350 e. The first-order valence-corrected chi connectivity index (χ1v) is 13.8. The fraction of sp³-hybridized carbons (Fsp3) is 0.333. The molecule has 37 heavy (non-hydrogen) atoms. The van der Waals surface area contributed by atoms with E-state index < -0.39 is 33.8 Å². The fourth-order valence-corrected chi connectivity index (χ4v) is 6.71. The first kappa shape index (κ1) is 25.3. The van der Waals surface area contributed by atoms with E-state index in [2.05, 4.69) is 5.32 Å². The molecule has 8 nitrogen and oxygen atoms in total. The molecular formula is C27H29FN4O4S. The zero-order valence-electron chi connectivity index (χ0n) is 20.2. The highest BCUT2D eigenvalue weighted by molar-refractivity contribution is 7.89. The second-order valence-electron chi connectivity index (χ2n) is 9.63. The van der Waals surface area contributed by atoms with Crippen LogP contribution in [-0.2, 0) is 14.8 Å². The normalized spacial score (nSPS) is 22.8. The van der Waals surface area contributed by atoms with Crippen molar-refractivity contribution in [3.63, 3.8) is 0 Å². The van der Waals surface area contributed by atoms with Gasteiger partial charge in [0.1, 0.15) is 5.82 Å². The molecule has 1 aliphatic carbocycles. The fourth-order valence-electron chi connectivity index (χ4n) is 5.13. The summed E-state index contributed by atoms with van der Waals surface area (Å²) in [5.74, 6) is -1.78. The van der Waals surface area contributed by atoms with E-state index >= 15 is 0 Å². The highest BCUT2D eigenvalue weighted by Gasteiger charge is 2.47. The summed E-state index contributed by atoms with van der Waals surface area (Å²) < 4.78 is 42.6. The number of hydrogen-bond donors (Lipinski definition) is 2. The molecule has 1 atom stereocenters. The molecule has 1 unspecified atom stereocenters. The Bertz CT molecular complexity index is 1440. The van der Waals surface area contributed by atoms with Crippen LogP contribution in [0.2, 0.25) is 0 Å². The smallest absolute Gasteiger partial charge is 0.259 e. The van der Waals surface area contributed by atoms with E-state index in [1.54, 1.807) is 12.1 Å². The summed E-state index contributed by atoms with van der Waals surface area (Å²) in [4.78, 5) is 28.2. The lowest BCUT2D eigenvalue weighted by molar-refractivity contribution is -0.128. The number of amides is 2. The van der Waals surface area contributed by atoms with Gasteiger partial charge in [0.05, 0.1) is 4.90 Å². The van der Waals surface area contributed by atoms with Crippen LogP contribution in [0, 0.1) is 5.82 Å². The van der Waals surface area contributed by atoms with Crippen LogP contribution in [0.15, 0.2) is 71.6 Å². The number of halogens is 1. The molecular weight excluding hydrogens is 495 g/mol. The van der Waals surface area contributed by atoms with E-state index in [1.807, 2.05) is 24.3 Å². The predicted octanol–water partition coefficient (Wildman–Crippen LogP) is 2.84. The molecule has 3 N–H and O–H groups in total. The van der Waals surface area contributed by atoms with Gasteiger partial charge in [-0.2, -0.15) is 4.31 Å². The summed E-state index contributed by atoms with van der Waals surface area (Å²) in [6.45, 7) is -0.0698. The average molecular weight is 525 g/mol. The Morgan fingerprint density at radius 1 is 0.892 bits per heavy atom. The molecule has 2 aliphatic rings. The lowest BCUT2D eigenvalue weighted by atomic mass is 9.92. The van der Waals surface area contributed by atoms with E-state index in [0.29, 0.717) is 12.8 Å². The number of hydrogen-bond acceptors (Lipinski definition) is 5. The third kappa shape index (κ3) is 5.09. The van der Waals surface area contributed by atoms with Crippen LogP contribution in [-0.4, -0.2) is 60.8 Å². The lowest BCUT2D eigenvalue weighted by Crippen LogP contribution is -2.56. The maximum Gasteiger partial charge on any atom is 0.259 e. The number of carbonyl (C=O) groups is 2. The Morgan fingerprint density at radius 3 is 2.35 bits per heavy atom. The number of benzene rings is 3. The maximum atomic E-state index is 13.9. The van der Waals surface area contributed by atoms with Crippen LogP contribution in [0.1, 0.15) is 36.0 Å². The first-order chi connectivity index (χ1) is 17.7. The molecule has 3 aromatic rings. The van der Waals surface area contributed by atoms with Gasteiger partial charge in [-0.25, -0.2) is 12.8 Å². The molecule has 194 valence electrons. The topological polar surface area (TPSA) is 113 Å². The molecule has 0 radical (unpaired) electrons. The van der Waals surface area contributed by atoms with Crippen molar-refractivity contribution in [2.75, 3.05) is 13.1 Å². The Hall–Kier alpha value is -3.34. The van der Waals surface area contributed by atoms with Gasteiger partial charge in [-0.1, -0.05) is 36.4 Å². The summed E-state index contributed by atoms with van der Waals surface area (Å²) in [5, 5.41) is 4.57. The van der Waals surface area contributed by atoms with Crippen molar-refractivity contribution in [3.8, 4) is 0 Å². The van der Waals surface area contributed by atoms with Crippen molar-refractivity contribution in [2.45, 2.75) is 48.8 Å². The van der Waals surface area contributed by atoms with Crippen molar-refractivity contribution in [1.29, 1.82) is 0 Å². The van der Waals surface area contributed by atoms with Crippen LogP contribution in [0.25, 0.3) is 10.8 Å². The minimum atomic E-state index is -4.15. The molecule has 5 rings (SSSR count). The number of nitrogens with two attached hydrogens (primary N) is 1. The Labute approximate surface area is 215 Å². The molecule has 1 heterocycles. The molecule has 1 aliphatic heterocycles. The van der Waals surface area contributed by atoms with Gasteiger partial charge in [0.25, 0.3) is 11.8 Å². The second-order valence-corrected chi connectivity index (χ2v) is 11.5. The summed E-state index contributed by atoms with van der Waals surface area (Å²) >= 11 is 0. The monoisotopic (exact) mass is 524 g/mol. The number of nitrogens with zero attached hydrogens (tertiary/aromatic N) is 2. The number of nitrogens with one attached hydrogen (secondary N) is 1. The molecule has 2 amide bonds. The summed E-state index contributed by atoms with van der Waals surface area (Å²) in [7, 11) is -4.15. The average Bonchev–Trinajstić information content (AvgIpc) is 3.35. The molecule has 1 saturated heterocycles. The summed E-state index contributed by atoms with van der Waals surface area (Å²) in [6.07, 6.45) is 1.45. The lowest BCUT2D eigenvalue weighted by Gasteiger charge is -2.32. The van der Waals surface area contributed by atoms with Gasteiger partial charge in [-0.15, -0.1) is 0 Å². The molecule has 0 spiro atoms. The van der Waals surface area contributed by atoms with Gasteiger partial charge in [-0.3, -0.25) is 9.59 Å². The van der Waals surface area contributed by atoms with Gasteiger partial charge in [-0.05, 0) is 66.8 Å². The molecule has 1 saturated carbocycles. The second kappa shape index (κ2) is 10.2. The van der Waals surface area contributed by atoms with E-state index in [4.69, 9.17) is 5.73 Å². The van der Waals surface area contributed by atoms with Gasteiger partial charge in [0.2, 0.25) is 10.0 Å². The number of rotatable bonds is 5. The SMILES string of the molecule is NC1CCC(NC(=O)C2N(C(=O)c3cccc(F)c3)CCN2S(=O)(=O)c2ccc3ccccc3c2)CC1. The minimum absolute atomic E-state index is 0.00418. The van der Waals surface area contributed by atoms with Gasteiger partial charge in [0, 0.05) is 30.7 Å². The van der Waals surface area contributed by atoms with Crippen molar-refractivity contribution >= 4 is 32.6 Å². The van der Waals surface area contributed by atoms with E-state index in [9.17, 15) is 22.4 Å². The van der Waals surface area contributed by atoms with E-state index in [0.717, 1.165) is 34.0 Å². The molecule has 0 aromatic heterocycles. The molecule has 3 aromatic carbocycles. The molecule has 0 bridgehead atoms. The zero-order chi connectivity index (χ0) is 26.2. The molecule has 10 heteroatoms. The maximum absolute atomic E-state index is 13.9. The summed E-state index contributed by atoms with van der Waals surface area (Å²) in [6, 6.07) is 17.2. The minimum Gasteiger partial charge on any atom is -0.350 e. The number of fused-ring (bicyclic) bond motifs is 1. The van der Waals surface area contributed by atoms with E-state index in [-0.39, 0.29) is 35.6 Å². The Morgan fingerprint density at radius 2 is 1.62 bits per heavy atom. The first-order valence-electron chi connectivity index (χ1n) is 12.4. The van der Waals surface area contributed by atoms with Gasteiger partial charge >= 0.3 is 0 Å². The Kier molecular flexibility index (Phi) is 6.98. The van der Waals surface area contributed by atoms with Crippen LogP contribution in [0.5, 0.6) is 0 Å². The number of carbonyl (C=O) groups excluding carboxylic acids is 2. The third-order valence-corrected chi connectivity index (χ3v) is 8.99. The van der Waals surface area contributed by atoms with Crippen molar-refractivity contribution < 1.29 is 22.4 Å². The van der Waals surface area contributed by atoms with E-state index in [1.165, 1.54) is 29.2 Å². The third-order valence-electron chi connectivity index (χ3n) is 7.14. The highest BCUT2D eigenvalue weighted by atomic mass is 32.2. The summed E-state index contributed by atoms with van der Waals surface area (Å²) in [5.41, 5.74) is 6.04. The molecule has 2 fully saturated rings. The highest BCUT2D eigenvalue weighted by Crippen LogP contribution is 2.29. The van der Waals surface area contributed by atoms with Crippen molar-refractivity contribution in [3.05, 3.63) is 78.1 Å². The van der Waals surface area contributed by atoms with Crippen LogP contribution < -0.4 is 11.1 Å². The van der Waals surface area contributed by atoms with Gasteiger partial charge < -0.3 is 16.0 Å². The zero-order valence-corrected chi connectivity index (χ0v) is 21.0. The van der Waals surface area contributed by atoms with Crippen LogP contribution in [0.3, 0.4) is 0 Å². The van der Waals surface area contributed by atoms with Crippen molar-refractivity contribution in [2.24, 2.45) is 5.73 Å². The van der Waals surface area contributed by atoms with Crippen LogP contribution >= 0.6 is 0 Å². The standard InChI is InChI=1S/C27H29FN4O4S/c28-21-7-3-6-20(16-21)27(34)31-14-15-32(26(31)25(33)30-23-11-9-22(29)10-12-23)37(35,36)24-13-8-18-4-1-2-5-19(18)17-24/h1-8,13,16-17,22-23,26H,9-12,14-15,29H2,(H,30,33). The van der Waals surface area contributed by atoms with Crippen molar-refractivity contribution in [1.82, 2.24) is 14.5 Å². The number of sulfonamides is 1.